The maximum Gasteiger partial charge on any atom is 0.335 e. The molecule has 1 aromatic heterocycles. The van der Waals surface area contributed by atoms with Crippen molar-refractivity contribution >= 4 is 17.7 Å². The van der Waals surface area contributed by atoms with E-state index in [2.05, 4.69) is 9.97 Å². The number of carboxylic acids is 1. The van der Waals surface area contributed by atoms with Crippen molar-refractivity contribution in [2.45, 2.75) is 29.7 Å². The number of hydrogen-bond donors (Lipinski definition) is 1. The number of aromatic carboxylic acids is 1. The Labute approximate surface area is 120 Å². The maximum absolute atomic E-state index is 13.7. The molecule has 0 bridgehead atoms. The molecule has 1 aromatic carbocycles. The van der Waals surface area contributed by atoms with Gasteiger partial charge in [0.05, 0.1) is 10.5 Å². The molecule has 20 heavy (non-hydrogen) atoms. The van der Waals surface area contributed by atoms with E-state index in [1.54, 1.807) is 6.07 Å². The van der Waals surface area contributed by atoms with Crippen molar-refractivity contribution < 1.29 is 14.3 Å². The molecule has 4 nitrogen and oxygen atoms in total. The lowest BCUT2D eigenvalue weighted by atomic mass is 10.1. The highest BCUT2D eigenvalue weighted by Gasteiger charge is 2.11. The van der Waals surface area contributed by atoms with Crippen molar-refractivity contribution in [2.24, 2.45) is 0 Å². The second-order valence-electron chi connectivity index (χ2n) is 4.49. The lowest BCUT2D eigenvalue weighted by Gasteiger charge is -2.07. The molecule has 0 radical (unpaired) electrons. The smallest absolute Gasteiger partial charge is 0.335 e. The molecule has 0 atom stereocenters. The summed E-state index contributed by atoms with van der Waals surface area (Å²) < 4.78 is 13.7. The van der Waals surface area contributed by atoms with Crippen LogP contribution in [0.15, 0.2) is 40.5 Å². The first kappa shape index (κ1) is 14.5. The van der Waals surface area contributed by atoms with Crippen LogP contribution >= 0.6 is 11.8 Å². The maximum atomic E-state index is 13.7. The van der Waals surface area contributed by atoms with Gasteiger partial charge in [0.25, 0.3) is 0 Å². The minimum Gasteiger partial charge on any atom is -0.478 e. The molecule has 2 rings (SSSR count). The van der Waals surface area contributed by atoms with Gasteiger partial charge in [-0.1, -0.05) is 25.6 Å². The Morgan fingerprint density at radius 2 is 2.05 bits per heavy atom. The monoisotopic (exact) mass is 292 g/mol. The third-order valence-corrected chi connectivity index (χ3v) is 3.61. The van der Waals surface area contributed by atoms with Crippen molar-refractivity contribution in [1.29, 1.82) is 0 Å². The number of benzene rings is 1. The number of carbonyl (C=O) groups is 1. The normalized spacial score (nSPS) is 10.8. The second kappa shape index (κ2) is 6.00. The highest BCUT2D eigenvalue weighted by Crippen LogP contribution is 2.30. The zero-order chi connectivity index (χ0) is 14.7. The van der Waals surface area contributed by atoms with Gasteiger partial charge < -0.3 is 5.11 Å². The van der Waals surface area contributed by atoms with Gasteiger partial charge in [0.15, 0.2) is 0 Å². The summed E-state index contributed by atoms with van der Waals surface area (Å²) in [5, 5.41) is 9.51. The SMILES string of the molecule is CC(C)c1cc(Sc2cc(C(=O)O)ccc2F)ncn1. The molecule has 6 heteroatoms. The van der Waals surface area contributed by atoms with Crippen LogP contribution in [-0.4, -0.2) is 21.0 Å². The minimum absolute atomic E-state index is 0.0482. The standard InChI is InChI=1S/C14H13FN2O2S/c1-8(2)11-6-13(17-7-16-11)20-12-5-9(14(18)19)3-4-10(12)15/h3-8H,1-2H3,(H,18,19). The first-order chi connectivity index (χ1) is 9.47. The second-order valence-corrected chi connectivity index (χ2v) is 5.55. The molecule has 0 unspecified atom stereocenters. The summed E-state index contributed by atoms with van der Waals surface area (Å²) in [5.41, 5.74) is 0.907. The third-order valence-electron chi connectivity index (χ3n) is 2.65. The van der Waals surface area contributed by atoms with Gasteiger partial charge in [0.1, 0.15) is 17.2 Å². The van der Waals surface area contributed by atoms with Crippen molar-refractivity contribution in [3.05, 3.63) is 47.7 Å². The van der Waals surface area contributed by atoms with Gasteiger partial charge in [-0.25, -0.2) is 19.2 Å². The number of halogens is 1. The number of aromatic nitrogens is 2. The van der Waals surface area contributed by atoms with Crippen LogP contribution in [0.5, 0.6) is 0 Å². The van der Waals surface area contributed by atoms with E-state index in [0.717, 1.165) is 23.5 Å². The van der Waals surface area contributed by atoms with Gasteiger partial charge in [0, 0.05) is 5.69 Å². The molecule has 1 N–H and O–H groups in total. The molecular formula is C14H13FN2O2S. The largest absolute Gasteiger partial charge is 0.478 e. The van der Waals surface area contributed by atoms with Gasteiger partial charge >= 0.3 is 5.97 Å². The van der Waals surface area contributed by atoms with Crippen LogP contribution < -0.4 is 0 Å². The van der Waals surface area contributed by atoms with Crippen molar-refractivity contribution in [3.63, 3.8) is 0 Å². The van der Waals surface area contributed by atoms with Crippen LogP contribution in [0.4, 0.5) is 4.39 Å². The Balaban J connectivity index is 2.32. The van der Waals surface area contributed by atoms with Gasteiger partial charge in [-0.15, -0.1) is 0 Å². The van der Waals surface area contributed by atoms with E-state index < -0.39 is 11.8 Å². The molecule has 104 valence electrons. The fourth-order valence-electron chi connectivity index (χ4n) is 1.55. The molecule has 0 aliphatic heterocycles. The Kier molecular flexibility index (Phi) is 4.34. The van der Waals surface area contributed by atoms with E-state index in [1.165, 1.54) is 18.5 Å². The van der Waals surface area contributed by atoms with Crippen molar-refractivity contribution in [2.75, 3.05) is 0 Å². The average Bonchev–Trinajstić information content (AvgIpc) is 2.41. The fourth-order valence-corrected chi connectivity index (χ4v) is 2.41. The molecule has 0 aliphatic carbocycles. The summed E-state index contributed by atoms with van der Waals surface area (Å²) in [4.78, 5) is 19.3. The Hall–Kier alpha value is -1.95. The van der Waals surface area contributed by atoms with Gasteiger partial charge in [-0.05, 0) is 30.2 Å². The number of nitrogens with zero attached hydrogens (tertiary/aromatic N) is 2. The quantitative estimate of drug-likeness (QED) is 0.872. The number of hydrogen-bond acceptors (Lipinski definition) is 4. The summed E-state index contributed by atoms with van der Waals surface area (Å²) in [7, 11) is 0. The molecule has 0 amide bonds. The van der Waals surface area contributed by atoms with Gasteiger partial charge in [0.2, 0.25) is 0 Å². The predicted octanol–water partition coefficient (Wildman–Crippen LogP) is 3.59. The Morgan fingerprint density at radius 1 is 1.30 bits per heavy atom. The third kappa shape index (κ3) is 3.33. The van der Waals surface area contributed by atoms with E-state index in [4.69, 9.17) is 5.11 Å². The molecule has 1 heterocycles. The van der Waals surface area contributed by atoms with Crippen LogP contribution in [0.1, 0.15) is 35.8 Å². The molecule has 0 spiro atoms. The van der Waals surface area contributed by atoms with Gasteiger partial charge in [-0.2, -0.15) is 0 Å². The van der Waals surface area contributed by atoms with Crippen molar-refractivity contribution in [3.8, 4) is 0 Å². The van der Waals surface area contributed by atoms with E-state index in [0.29, 0.717) is 5.03 Å². The van der Waals surface area contributed by atoms with Crippen LogP contribution in [0, 0.1) is 5.82 Å². The minimum atomic E-state index is -1.09. The van der Waals surface area contributed by atoms with E-state index in [9.17, 15) is 9.18 Å². The summed E-state index contributed by atoms with van der Waals surface area (Å²) in [6, 6.07) is 5.47. The summed E-state index contributed by atoms with van der Waals surface area (Å²) >= 11 is 1.09. The molecule has 0 saturated heterocycles. The van der Waals surface area contributed by atoms with E-state index in [1.807, 2.05) is 13.8 Å². The molecular weight excluding hydrogens is 279 g/mol. The van der Waals surface area contributed by atoms with Crippen LogP contribution in [0.25, 0.3) is 0 Å². The van der Waals surface area contributed by atoms with Crippen molar-refractivity contribution in [1.82, 2.24) is 9.97 Å². The van der Waals surface area contributed by atoms with Crippen LogP contribution in [0.3, 0.4) is 0 Å². The topological polar surface area (TPSA) is 63.1 Å². The average molecular weight is 292 g/mol. The first-order valence-electron chi connectivity index (χ1n) is 6.00. The Morgan fingerprint density at radius 3 is 2.70 bits per heavy atom. The highest BCUT2D eigenvalue weighted by atomic mass is 32.2. The molecule has 0 fully saturated rings. The molecule has 2 aromatic rings. The molecule has 0 aliphatic rings. The zero-order valence-electron chi connectivity index (χ0n) is 11.0. The number of rotatable bonds is 4. The van der Waals surface area contributed by atoms with Gasteiger partial charge in [-0.3, -0.25) is 0 Å². The van der Waals surface area contributed by atoms with Crippen LogP contribution in [0.2, 0.25) is 0 Å². The highest BCUT2D eigenvalue weighted by molar-refractivity contribution is 7.99. The number of carboxylic acid groups (broad SMARTS) is 1. The molecule has 0 saturated carbocycles. The predicted molar refractivity (Wildman–Crippen MR) is 73.6 cm³/mol. The first-order valence-corrected chi connectivity index (χ1v) is 6.81. The zero-order valence-corrected chi connectivity index (χ0v) is 11.8. The van der Waals surface area contributed by atoms with E-state index in [-0.39, 0.29) is 16.4 Å². The Bertz CT molecular complexity index is 647. The summed E-state index contributed by atoms with van der Waals surface area (Å²) in [6.07, 6.45) is 1.43. The van der Waals surface area contributed by atoms with Crippen LogP contribution in [-0.2, 0) is 0 Å². The lowest BCUT2D eigenvalue weighted by Crippen LogP contribution is -1.98. The summed E-state index contributed by atoms with van der Waals surface area (Å²) in [5.74, 6) is -1.31. The lowest BCUT2D eigenvalue weighted by molar-refractivity contribution is 0.0696. The summed E-state index contributed by atoms with van der Waals surface area (Å²) in [6.45, 7) is 4.00. The van der Waals surface area contributed by atoms with E-state index >= 15 is 0 Å². The fraction of sp³-hybridized carbons (Fsp3) is 0.214.